The van der Waals surface area contributed by atoms with E-state index in [-0.39, 0.29) is 6.04 Å². The molecule has 1 aromatic heterocycles. The normalized spacial score (nSPS) is 12.5. The van der Waals surface area contributed by atoms with Crippen molar-refractivity contribution in [2.45, 2.75) is 32.7 Å². The first-order chi connectivity index (χ1) is 6.59. The maximum Gasteiger partial charge on any atom is 0.0754 e. The summed E-state index contributed by atoms with van der Waals surface area (Å²) in [4.78, 5) is 8.40. The molecule has 2 N–H and O–H groups in total. The van der Waals surface area contributed by atoms with Gasteiger partial charge in [-0.15, -0.1) is 6.58 Å². The third-order valence-corrected chi connectivity index (χ3v) is 2.06. The van der Waals surface area contributed by atoms with Crippen LogP contribution in [-0.4, -0.2) is 9.97 Å². The molecule has 0 aliphatic heterocycles. The third kappa shape index (κ3) is 3.26. The second kappa shape index (κ2) is 4.86. The van der Waals surface area contributed by atoms with Gasteiger partial charge in [0.15, 0.2) is 0 Å². The largest absolute Gasteiger partial charge is 0.323 e. The van der Waals surface area contributed by atoms with Crippen molar-refractivity contribution in [2.75, 3.05) is 0 Å². The fraction of sp³-hybridized carbons (Fsp3) is 0.455. The van der Waals surface area contributed by atoms with Crippen molar-refractivity contribution in [3.63, 3.8) is 0 Å². The average molecular weight is 191 g/mol. The fourth-order valence-corrected chi connectivity index (χ4v) is 1.14. The van der Waals surface area contributed by atoms with E-state index in [0.717, 1.165) is 29.8 Å². The summed E-state index contributed by atoms with van der Waals surface area (Å²) in [7, 11) is 0. The molecule has 14 heavy (non-hydrogen) atoms. The van der Waals surface area contributed by atoms with Gasteiger partial charge in [0.1, 0.15) is 0 Å². The first kappa shape index (κ1) is 10.9. The number of nitrogens with zero attached hydrogens (tertiary/aromatic N) is 2. The van der Waals surface area contributed by atoms with Gasteiger partial charge in [0.05, 0.1) is 17.6 Å². The molecule has 0 saturated heterocycles. The Balaban J connectivity index is 2.56. The highest BCUT2D eigenvalue weighted by atomic mass is 14.8. The van der Waals surface area contributed by atoms with Crippen molar-refractivity contribution < 1.29 is 0 Å². The van der Waals surface area contributed by atoms with Crippen LogP contribution in [0.3, 0.4) is 0 Å². The Kier molecular flexibility index (Phi) is 3.77. The molecule has 0 aliphatic carbocycles. The molecule has 1 atom stereocenters. The van der Waals surface area contributed by atoms with Crippen LogP contribution in [0.5, 0.6) is 0 Å². The molecule has 1 aromatic rings. The Morgan fingerprint density at radius 1 is 1.50 bits per heavy atom. The molecule has 0 bridgehead atoms. The van der Waals surface area contributed by atoms with Crippen molar-refractivity contribution in [3.8, 4) is 0 Å². The van der Waals surface area contributed by atoms with Crippen LogP contribution in [0.1, 0.15) is 37.2 Å². The fourth-order valence-electron chi connectivity index (χ4n) is 1.14. The van der Waals surface area contributed by atoms with E-state index in [1.807, 2.05) is 13.8 Å². The van der Waals surface area contributed by atoms with E-state index < -0.39 is 0 Å². The minimum atomic E-state index is -0.0280. The van der Waals surface area contributed by atoms with Crippen molar-refractivity contribution in [2.24, 2.45) is 5.73 Å². The van der Waals surface area contributed by atoms with E-state index in [1.165, 1.54) is 0 Å². The van der Waals surface area contributed by atoms with Gasteiger partial charge in [-0.05, 0) is 26.7 Å². The molecule has 3 heteroatoms. The highest BCUT2D eigenvalue weighted by Crippen LogP contribution is 2.14. The minimum absolute atomic E-state index is 0.0280. The van der Waals surface area contributed by atoms with Crippen molar-refractivity contribution in [3.05, 3.63) is 35.9 Å². The minimum Gasteiger partial charge on any atom is -0.323 e. The zero-order chi connectivity index (χ0) is 10.6. The predicted octanol–water partition coefficient (Wildman–Crippen LogP) is 2.14. The lowest BCUT2D eigenvalue weighted by molar-refractivity contribution is 0.627. The van der Waals surface area contributed by atoms with Crippen LogP contribution < -0.4 is 5.73 Å². The Morgan fingerprint density at radius 2 is 2.21 bits per heavy atom. The summed E-state index contributed by atoms with van der Waals surface area (Å²) in [6.07, 6.45) is 5.32. The Morgan fingerprint density at radius 3 is 2.71 bits per heavy atom. The zero-order valence-electron chi connectivity index (χ0n) is 8.83. The molecular formula is C11H17N3. The highest BCUT2D eigenvalue weighted by molar-refractivity contribution is 5.05. The molecule has 0 saturated carbocycles. The number of aromatic nitrogens is 2. The molecule has 0 spiro atoms. The monoisotopic (exact) mass is 191 g/mol. The van der Waals surface area contributed by atoms with Crippen LogP contribution in [-0.2, 0) is 0 Å². The van der Waals surface area contributed by atoms with Crippen LogP contribution in [0, 0.1) is 6.92 Å². The number of allylic oxidation sites excluding steroid dienone is 1. The van der Waals surface area contributed by atoms with E-state index in [4.69, 9.17) is 5.73 Å². The molecule has 1 heterocycles. The number of rotatable bonds is 4. The maximum atomic E-state index is 5.95. The summed E-state index contributed by atoms with van der Waals surface area (Å²) in [5.74, 6) is 0. The molecule has 1 unspecified atom stereocenters. The van der Waals surface area contributed by atoms with Crippen molar-refractivity contribution in [1.82, 2.24) is 9.97 Å². The third-order valence-electron chi connectivity index (χ3n) is 2.06. The second-order valence-electron chi connectivity index (χ2n) is 3.68. The number of nitrogens with two attached hydrogens (primary N) is 1. The maximum absolute atomic E-state index is 5.95. The SMILES string of the molecule is C=C(C)CCC(N)c1cnc(C)cn1. The summed E-state index contributed by atoms with van der Waals surface area (Å²) in [6.45, 7) is 7.76. The Labute approximate surface area is 85.1 Å². The van der Waals surface area contributed by atoms with E-state index in [0.29, 0.717) is 0 Å². The van der Waals surface area contributed by atoms with Crippen LogP contribution in [0.2, 0.25) is 0 Å². The summed E-state index contributed by atoms with van der Waals surface area (Å²) < 4.78 is 0. The molecule has 3 nitrogen and oxygen atoms in total. The van der Waals surface area contributed by atoms with Gasteiger partial charge < -0.3 is 5.73 Å². The quantitative estimate of drug-likeness (QED) is 0.742. The smallest absolute Gasteiger partial charge is 0.0754 e. The van der Waals surface area contributed by atoms with Gasteiger partial charge in [0.25, 0.3) is 0 Å². The first-order valence-corrected chi connectivity index (χ1v) is 4.78. The molecule has 0 amide bonds. The summed E-state index contributed by atoms with van der Waals surface area (Å²) >= 11 is 0. The number of aryl methyl sites for hydroxylation is 1. The van der Waals surface area contributed by atoms with Gasteiger partial charge in [-0.25, -0.2) is 0 Å². The summed E-state index contributed by atoms with van der Waals surface area (Å²) in [6, 6.07) is -0.0280. The van der Waals surface area contributed by atoms with Gasteiger partial charge in [0, 0.05) is 12.2 Å². The molecular weight excluding hydrogens is 174 g/mol. The number of hydrogen-bond acceptors (Lipinski definition) is 3. The van der Waals surface area contributed by atoms with Crippen LogP contribution >= 0.6 is 0 Å². The van der Waals surface area contributed by atoms with Crippen LogP contribution in [0.15, 0.2) is 24.5 Å². The first-order valence-electron chi connectivity index (χ1n) is 4.78. The molecule has 0 fully saturated rings. The van der Waals surface area contributed by atoms with E-state index in [1.54, 1.807) is 12.4 Å². The molecule has 0 aliphatic rings. The standard InChI is InChI=1S/C11H17N3/c1-8(2)4-5-10(12)11-7-13-9(3)6-14-11/h6-7,10H,1,4-5,12H2,2-3H3. The molecule has 1 rings (SSSR count). The average Bonchev–Trinajstić information content (AvgIpc) is 2.15. The van der Waals surface area contributed by atoms with Crippen LogP contribution in [0.25, 0.3) is 0 Å². The second-order valence-corrected chi connectivity index (χ2v) is 3.68. The Bertz CT molecular complexity index is 303. The van der Waals surface area contributed by atoms with E-state index in [9.17, 15) is 0 Å². The van der Waals surface area contributed by atoms with Gasteiger partial charge in [0.2, 0.25) is 0 Å². The lowest BCUT2D eigenvalue weighted by atomic mass is 10.1. The predicted molar refractivity (Wildman–Crippen MR) is 57.7 cm³/mol. The lowest BCUT2D eigenvalue weighted by Gasteiger charge is -2.10. The molecule has 0 aromatic carbocycles. The van der Waals surface area contributed by atoms with Crippen molar-refractivity contribution in [1.29, 1.82) is 0 Å². The summed E-state index contributed by atoms with van der Waals surface area (Å²) in [5.41, 5.74) is 8.88. The van der Waals surface area contributed by atoms with Gasteiger partial charge in [-0.2, -0.15) is 0 Å². The van der Waals surface area contributed by atoms with E-state index >= 15 is 0 Å². The van der Waals surface area contributed by atoms with Crippen LogP contribution in [0.4, 0.5) is 0 Å². The highest BCUT2D eigenvalue weighted by Gasteiger charge is 2.07. The molecule has 0 radical (unpaired) electrons. The zero-order valence-corrected chi connectivity index (χ0v) is 8.83. The van der Waals surface area contributed by atoms with Gasteiger partial charge in [-0.1, -0.05) is 5.57 Å². The van der Waals surface area contributed by atoms with Crippen molar-refractivity contribution >= 4 is 0 Å². The number of hydrogen-bond donors (Lipinski definition) is 1. The topological polar surface area (TPSA) is 51.8 Å². The van der Waals surface area contributed by atoms with Gasteiger partial charge >= 0.3 is 0 Å². The van der Waals surface area contributed by atoms with Gasteiger partial charge in [-0.3, -0.25) is 9.97 Å². The lowest BCUT2D eigenvalue weighted by Crippen LogP contribution is -2.12. The Hall–Kier alpha value is -1.22. The molecule has 76 valence electrons. The van der Waals surface area contributed by atoms with E-state index in [2.05, 4.69) is 16.5 Å². The summed E-state index contributed by atoms with van der Waals surface area (Å²) in [5, 5.41) is 0.